The lowest BCUT2D eigenvalue weighted by Crippen LogP contribution is -2.26. The number of nitrogens with zero attached hydrogens (tertiary/aromatic N) is 4. The van der Waals surface area contributed by atoms with Gasteiger partial charge < -0.3 is 18.9 Å². The Hall–Kier alpha value is -2.04. The highest BCUT2D eigenvalue weighted by atomic mass is 28.3. The topological polar surface area (TPSA) is 72.6 Å². The van der Waals surface area contributed by atoms with Crippen molar-refractivity contribution in [2.75, 3.05) is 26.9 Å². The molecule has 214 valence electrons. The van der Waals surface area contributed by atoms with Crippen LogP contribution >= 0.6 is 0 Å². The average Bonchev–Trinajstić information content (AvgIpc) is 3.62. The Kier molecular flexibility index (Phi) is 7.85. The van der Waals surface area contributed by atoms with Crippen molar-refractivity contribution in [2.24, 2.45) is 0 Å². The Morgan fingerprint density at radius 1 is 1.13 bits per heavy atom. The van der Waals surface area contributed by atoms with E-state index in [9.17, 15) is 0 Å². The fourth-order valence-corrected chi connectivity index (χ4v) is 6.67. The van der Waals surface area contributed by atoms with Crippen molar-refractivity contribution >= 4 is 19.1 Å². The summed E-state index contributed by atoms with van der Waals surface area (Å²) in [7, 11) is 0.534. The van der Waals surface area contributed by atoms with Crippen molar-refractivity contribution in [1.29, 1.82) is 0 Å². The first-order valence-electron chi connectivity index (χ1n) is 14.3. The Balaban J connectivity index is 1.57. The molecule has 3 heterocycles. The number of aromatic nitrogens is 4. The molecule has 5 rings (SSSR count). The van der Waals surface area contributed by atoms with Crippen LogP contribution in [0.1, 0.15) is 62.8 Å². The SMILES string of the molecule is COCc1cc(C)c2c(c1)nc(-c1cc(C3CCC4(C3)OCCO4)nn1C(C)(C)C)n2COCC[Si](C)(C)C. The fraction of sp³-hybridized carbons (Fsp3) is 0.667. The van der Waals surface area contributed by atoms with Crippen LogP contribution in [0.25, 0.3) is 22.6 Å². The fourth-order valence-electron chi connectivity index (χ4n) is 5.91. The molecule has 1 saturated carbocycles. The van der Waals surface area contributed by atoms with Crippen molar-refractivity contribution in [1.82, 2.24) is 19.3 Å². The molecule has 0 amide bonds. The summed E-state index contributed by atoms with van der Waals surface area (Å²) in [6, 6.07) is 7.71. The minimum atomic E-state index is -1.20. The summed E-state index contributed by atoms with van der Waals surface area (Å²) in [5.74, 6) is 0.763. The molecule has 1 saturated heterocycles. The van der Waals surface area contributed by atoms with Crippen LogP contribution in [0, 0.1) is 6.92 Å². The van der Waals surface area contributed by atoms with Gasteiger partial charge in [-0.3, -0.25) is 9.25 Å². The van der Waals surface area contributed by atoms with E-state index >= 15 is 0 Å². The van der Waals surface area contributed by atoms with Crippen LogP contribution in [0.3, 0.4) is 0 Å². The maximum atomic E-state index is 6.32. The van der Waals surface area contributed by atoms with E-state index in [1.54, 1.807) is 7.11 Å². The van der Waals surface area contributed by atoms with Crippen molar-refractivity contribution in [3.63, 3.8) is 0 Å². The van der Waals surface area contributed by atoms with Crippen LogP contribution in [0.4, 0.5) is 0 Å². The molecule has 2 aromatic heterocycles. The van der Waals surface area contributed by atoms with Gasteiger partial charge in [-0.1, -0.05) is 25.7 Å². The van der Waals surface area contributed by atoms with E-state index in [-0.39, 0.29) is 5.54 Å². The molecule has 1 unspecified atom stereocenters. The van der Waals surface area contributed by atoms with E-state index < -0.39 is 13.9 Å². The van der Waals surface area contributed by atoms with Gasteiger partial charge in [0.2, 0.25) is 0 Å². The number of benzene rings is 1. The molecule has 1 aliphatic heterocycles. The number of methoxy groups -OCH3 is 1. The van der Waals surface area contributed by atoms with Gasteiger partial charge in [0.15, 0.2) is 11.6 Å². The van der Waals surface area contributed by atoms with Crippen LogP contribution < -0.4 is 0 Å². The molecule has 1 atom stereocenters. The second kappa shape index (κ2) is 10.7. The first-order chi connectivity index (χ1) is 18.4. The maximum absolute atomic E-state index is 6.32. The summed E-state index contributed by atoms with van der Waals surface area (Å²) in [6.45, 7) is 19.0. The lowest BCUT2D eigenvalue weighted by atomic mass is 10.0. The zero-order valence-corrected chi connectivity index (χ0v) is 26.1. The van der Waals surface area contributed by atoms with Gasteiger partial charge in [0.05, 0.1) is 42.1 Å². The van der Waals surface area contributed by atoms with Gasteiger partial charge in [-0.05, 0) is 63.4 Å². The summed E-state index contributed by atoms with van der Waals surface area (Å²) in [4.78, 5) is 5.23. The Morgan fingerprint density at radius 3 is 2.54 bits per heavy atom. The standard InChI is InChI=1S/C30H46N4O4Si/c1-21-15-22(19-35-5)16-25-27(21)33(20-36-13-14-39(6,7)8)28(31-25)26-17-24(32-34(26)29(2,3)4)23-9-10-30(18-23)37-11-12-38-30/h15-17,23H,9-14,18-20H2,1-8H3. The molecule has 1 aliphatic carbocycles. The van der Waals surface area contributed by atoms with Crippen molar-refractivity contribution in [3.8, 4) is 11.5 Å². The minimum Gasteiger partial charge on any atom is -0.380 e. The molecule has 8 nitrogen and oxygen atoms in total. The molecular weight excluding hydrogens is 508 g/mol. The number of imidazole rings is 1. The number of ether oxygens (including phenoxy) is 4. The van der Waals surface area contributed by atoms with Crippen LogP contribution in [0.2, 0.25) is 25.7 Å². The smallest absolute Gasteiger partial charge is 0.169 e. The second-order valence-electron chi connectivity index (χ2n) is 13.5. The van der Waals surface area contributed by atoms with E-state index in [0.717, 1.165) is 65.7 Å². The third kappa shape index (κ3) is 6.02. The first kappa shape index (κ1) is 28.5. The van der Waals surface area contributed by atoms with E-state index in [2.05, 4.69) is 74.8 Å². The lowest BCUT2D eigenvalue weighted by molar-refractivity contribution is -0.151. The molecule has 2 aliphatic rings. The first-order valence-corrected chi connectivity index (χ1v) is 18.0. The quantitative estimate of drug-likeness (QED) is 0.224. The predicted octanol–water partition coefficient (Wildman–Crippen LogP) is 6.43. The normalized spacial score (nSPS) is 19.6. The van der Waals surface area contributed by atoms with Crippen LogP contribution in [0.5, 0.6) is 0 Å². The van der Waals surface area contributed by atoms with Crippen LogP contribution in [-0.2, 0) is 37.8 Å². The zero-order valence-electron chi connectivity index (χ0n) is 25.1. The number of fused-ring (bicyclic) bond motifs is 1. The second-order valence-corrected chi connectivity index (χ2v) is 19.1. The minimum absolute atomic E-state index is 0.220. The summed E-state index contributed by atoms with van der Waals surface area (Å²) in [5, 5.41) is 5.20. The third-order valence-corrected chi connectivity index (χ3v) is 9.58. The summed E-state index contributed by atoms with van der Waals surface area (Å²) >= 11 is 0. The van der Waals surface area contributed by atoms with Gasteiger partial charge >= 0.3 is 0 Å². The average molecular weight is 555 g/mol. The van der Waals surface area contributed by atoms with Gasteiger partial charge in [-0.25, -0.2) is 4.98 Å². The number of hydrogen-bond acceptors (Lipinski definition) is 6. The van der Waals surface area contributed by atoms with Gasteiger partial charge in [0.1, 0.15) is 12.4 Å². The van der Waals surface area contributed by atoms with Crippen molar-refractivity contribution < 1.29 is 18.9 Å². The summed E-state index contributed by atoms with van der Waals surface area (Å²) in [5.41, 5.74) is 6.24. The molecule has 3 aromatic rings. The van der Waals surface area contributed by atoms with E-state index in [4.69, 9.17) is 29.0 Å². The Morgan fingerprint density at radius 2 is 1.87 bits per heavy atom. The summed E-state index contributed by atoms with van der Waals surface area (Å²) in [6.07, 6.45) is 2.78. The largest absolute Gasteiger partial charge is 0.380 e. The molecule has 1 aromatic carbocycles. The lowest BCUT2D eigenvalue weighted by Gasteiger charge is -2.23. The van der Waals surface area contributed by atoms with Gasteiger partial charge in [0.25, 0.3) is 0 Å². The molecule has 1 spiro atoms. The Bertz CT molecular complexity index is 1310. The number of aryl methyl sites for hydroxylation is 1. The maximum Gasteiger partial charge on any atom is 0.169 e. The monoisotopic (exact) mass is 554 g/mol. The molecule has 9 heteroatoms. The molecule has 0 N–H and O–H groups in total. The number of rotatable bonds is 9. The van der Waals surface area contributed by atoms with Crippen LogP contribution in [-0.4, -0.2) is 60.1 Å². The van der Waals surface area contributed by atoms with Crippen molar-refractivity contribution in [3.05, 3.63) is 35.0 Å². The zero-order chi connectivity index (χ0) is 28.0. The van der Waals surface area contributed by atoms with Gasteiger partial charge in [0, 0.05) is 40.6 Å². The van der Waals surface area contributed by atoms with E-state index in [1.807, 2.05) is 0 Å². The predicted molar refractivity (Wildman–Crippen MR) is 157 cm³/mol. The molecular formula is C30H46N4O4Si. The molecule has 2 fully saturated rings. The summed E-state index contributed by atoms with van der Waals surface area (Å²) < 4.78 is 28.2. The molecule has 0 radical (unpaired) electrons. The highest BCUT2D eigenvalue weighted by molar-refractivity contribution is 6.76. The van der Waals surface area contributed by atoms with Gasteiger partial charge in [-0.2, -0.15) is 5.10 Å². The molecule has 0 bridgehead atoms. The number of hydrogen-bond donors (Lipinski definition) is 0. The highest BCUT2D eigenvalue weighted by Crippen LogP contribution is 2.46. The van der Waals surface area contributed by atoms with Gasteiger partial charge in [-0.15, -0.1) is 0 Å². The molecule has 39 heavy (non-hydrogen) atoms. The highest BCUT2D eigenvalue weighted by Gasteiger charge is 2.45. The van der Waals surface area contributed by atoms with Crippen LogP contribution in [0.15, 0.2) is 18.2 Å². The third-order valence-electron chi connectivity index (χ3n) is 7.88. The van der Waals surface area contributed by atoms with Crippen molar-refractivity contribution in [2.45, 2.75) is 103 Å². The van der Waals surface area contributed by atoms with E-state index in [0.29, 0.717) is 32.5 Å². The van der Waals surface area contributed by atoms with E-state index in [1.165, 1.54) is 5.56 Å². The Labute approximate surface area is 234 Å².